The molecule has 1 saturated carbocycles. The lowest BCUT2D eigenvalue weighted by Gasteiger charge is -2.55. The van der Waals surface area contributed by atoms with Crippen molar-refractivity contribution in [1.82, 2.24) is 0 Å². The molecule has 1 saturated heterocycles. The van der Waals surface area contributed by atoms with Gasteiger partial charge in [-0.1, -0.05) is 44.0 Å². The maximum Gasteiger partial charge on any atom is 0.307 e. The number of carbonyl (C=O) groups excluding carboxylic acids is 1. The standard InChI is InChI=1S/C19H23NO2/c1-3-4-5-6-10-14-17-19(12-16(21)22-18(14,19)2)13-9-7-8-11-15(13)20-17/h7-11,17,20H,3-6,12H2,1-2H3/b14-10+/t17-,18-,19-/m0/s1. The topological polar surface area (TPSA) is 38.3 Å². The Balaban J connectivity index is 1.72. The molecule has 1 aliphatic carbocycles. The first-order valence-electron chi connectivity index (χ1n) is 8.42. The molecule has 4 rings (SSSR count). The molecule has 3 aliphatic rings. The number of fused-ring (bicyclic) bond motifs is 1. The van der Waals surface area contributed by atoms with Crippen LogP contribution in [0.5, 0.6) is 0 Å². The van der Waals surface area contributed by atoms with Crippen molar-refractivity contribution in [2.45, 2.75) is 63.0 Å². The van der Waals surface area contributed by atoms with Gasteiger partial charge in [0, 0.05) is 5.69 Å². The summed E-state index contributed by atoms with van der Waals surface area (Å²) in [6.45, 7) is 4.32. The highest BCUT2D eigenvalue weighted by Crippen LogP contribution is 2.67. The first kappa shape index (κ1) is 13.9. The van der Waals surface area contributed by atoms with Gasteiger partial charge in [0.1, 0.15) is 5.60 Å². The SMILES string of the molecule is CCCCC/C=C1\[C@@H]2Nc3ccccc3[C@@]23CC(=O)O[C@@]13C. The number of allylic oxidation sites excluding steroid dienone is 1. The van der Waals surface area contributed by atoms with E-state index < -0.39 is 5.60 Å². The van der Waals surface area contributed by atoms with E-state index in [1.54, 1.807) is 0 Å². The van der Waals surface area contributed by atoms with Crippen molar-refractivity contribution in [3.05, 3.63) is 41.5 Å². The Kier molecular flexibility index (Phi) is 2.91. The van der Waals surface area contributed by atoms with Crippen molar-refractivity contribution in [2.75, 3.05) is 5.32 Å². The van der Waals surface area contributed by atoms with Crippen molar-refractivity contribution in [3.63, 3.8) is 0 Å². The zero-order valence-corrected chi connectivity index (χ0v) is 13.3. The van der Waals surface area contributed by atoms with Crippen LogP contribution >= 0.6 is 0 Å². The quantitative estimate of drug-likeness (QED) is 0.519. The highest BCUT2D eigenvalue weighted by atomic mass is 16.6. The van der Waals surface area contributed by atoms with E-state index in [2.05, 4.69) is 43.4 Å². The van der Waals surface area contributed by atoms with E-state index in [9.17, 15) is 4.79 Å². The number of ether oxygens (including phenoxy) is 1. The molecule has 3 heteroatoms. The second-order valence-electron chi connectivity index (χ2n) is 6.93. The van der Waals surface area contributed by atoms with Crippen LogP contribution in [0.3, 0.4) is 0 Å². The van der Waals surface area contributed by atoms with Crippen molar-refractivity contribution in [3.8, 4) is 0 Å². The summed E-state index contributed by atoms with van der Waals surface area (Å²) in [6, 6.07) is 8.59. The fourth-order valence-electron chi connectivity index (χ4n) is 4.73. The van der Waals surface area contributed by atoms with Gasteiger partial charge in [-0.3, -0.25) is 4.79 Å². The number of hydrogen-bond acceptors (Lipinski definition) is 3. The summed E-state index contributed by atoms with van der Waals surface area (Å²) in [7, 11) is 0. The number of rotatable bonds is 4. The van der Waals surface area contributed by atoms with Crippen LogP contribution in [0.25, 0.3) is 0 Å². The maximum absolute atomic E-state index is 12.1. The molecule has 116 valence electrons. The van der Waals surface area contributed by atoms with Gasteiger partial charge in [-0.15, -0.1) is 0 Å². The molecule has 1 spiro atoms. The molecule has 1 N–H and O–H groups in total. The molecule has 2 aliphatic heterocycles. The smallest absolute Gasteiger partial charge is 0.307 e. The Bertz CT molecular complexity index is 665. The van der Waals surface area contributed by atoms with Gasteiger partial charge in [0.25, 0.3) is 0 Å². The van der Waals surface area contributed by atoms with Crippen LogP contribution in [-0.4, -0.2) is 17.6 Å². The number of benzene rings is 1. The van der Waals surface area contributed by atoms with Gasteiger partial charge >= 0.3 is 5.97 Å². The second kappa shape index (κ2) is 4.61. The van der Waals surface area contributed by atoms with Gasteiger partial charge in [0.15, 0.2) is 0 Å². The fourth-order valence-corrected chi connectivity index (χ4v) is 4.73. The van der Waals surface area contributed by atoms with Gasteiger partial charge in [0.2, 0.25) is 0 Å². The second-order valence-corrected chi connectivity index (χ2v) is 6.93. The van der Waals surface area contributed by atoms with E-state index in [1.165, 1.54) is 30.4 Å². The summed E-state index contributed by atoms with van der Waals surface area (Å²) in [5.74, 6) is -0.0667. The molecule has 0 unspecified atom stereocenters. The van der Waals surface area contributed by atoms with Crippen LogP contribution in [0.15, 0.2) is 35.9 Å². The van der Waals surface area contributed by atoms with Gasteiger partial charge in [0.05, 0.1) is 17.9 Å². The number of anilines is 1. The molecule has 0 aromatic heterocycles. The first-order valence-corrected chi connectivity index (χ1v) is 8.42. The lowest BCUT2D eigenvalue weighted by atomic mass is 9.49. The van der Waals surface area contributed by atoms with Crippen molar-refractivity contribution < 1.29 is 9.53 Å². The molecule has 1 aromatic rings. The number of hydrogen-bond donors (Lipinski definition) is 1. The largest absolute Gasteiger partial charge is 0.454 e. The Morgan fingerprint density at radius 1 is 1.36 bits per heavy atom. The zero-order valence-electron chi connectivity index (χ0n) is 13.3. The van der Waals surface area contributed by atoms with Crippen molar-refractivity contribution in [2.24, 2.45) is 0 Å². The summed E-state index contributed by atoms with van der Waals surface area (Å²) < 4.78 is 5.83. The molecule has 22 heavy (non-hydrogen) atoms. The Hall–Kier alpha value is -1.77. The Morgan fingerprint density at radius 3 is 3.00 bits per heavy atom. The van der Waals surface area contributed by atoms with Crippen LogP contribution in [0.4, 0.5) is 5.69 Å². The molecular weight excluding hydrogens is 274 g/mol. The minimum atomic E-state index is -0.458. The summed E-state index contributed by atoms with van der Waals surface area (Å²) in [5, 5.41) is 3.63. The number of para-hydroxylation sites is 1. The molecule has 3 nitrogen and oxygen atoms in total. The molecule has 2 heterocycles. The fraction of sp³-hybridized carbons (Fsp3) is 0.526. The predicted molar refractivity (Wildman–Crippen MR) is 86.9 cm³/mol. The minimum absolute atomic E-state index is 0.0667. The van der Waals surface area contributed by atoms with Crippen LogP contribution in [0.2, 0.25) is 0 Å². The number of nitrogens with one attached hydrogen (secondary N) is 1. The van der Waals surface area contributed by atoms with Crippen molar-refractivity contribution >= 4 is 11.7 Å². The average molecular weight is 297 g/mol. The molecule has 3 atom stereocenters. The minimum Gasteiger partial charge on any atom is -0.454 e. The normalized spacial score (nSPS) is 36.2. The van der Waals surface area contributed by atoms with Crippen LogP contribution < -0.4 is 5.32 Å². The molecule has 0 bridgehead atoms. The summed E-state index contributed by atoms with van der Waals surface area (Å²) in [6.07, 6.45) is 7.56. The first-order chi connectivity index (χ1) is 10.6. The molecule has 0 radical (unpaired) electrons. The number of unbranched alkanes of at least 4 members (excludes halogenated alkanes) is 3. The van der Waals surface area contributed by atoms with E-state index in [4.69, 9.17) is 4.74 Å². The monoisotopic (exact) mass is 297 g/mol. The van der Waals surface area contributed by atoms with E-state index in [0.29, 0.717) is 6.42 Å². The summed E-state index contributed by atoms with van der Waals surface area (Å²) >= 11 is 0. The summed E-state index contributed by atoms with van der Waals surface area (Å²) in [5.41, 5.74) is 3.02. The van der Waals surface area contributed by atoms with Crippen LogP contribution in [0, 0.1) is 0 Å². The van der Waals surface area contributed by atoms with E-state index >= 15 is 0 Å². The Labute approximate surface area is 131 Å². The third-order valence-corrected chi connectivity index (χ3v) is 5.83. The molecule has 1 aromatic carbocycles. The highest BCUT2D eigenvalue weighted by molar-refractivity contribution is 5.86. The maximum atomic E-state index is 12.1. The van der Waals surface area contributed by atoms with Crippen molar-refractivity contribution in [1.29, 1.82) is 0 Å². The highest BCUT2D eigenvalue weighted by Gasteiger charge is 2.76. The Morgan fingerprint density at radius 2 is 2.18 bits per heavy atom. The number of carbonyl (C=O) groups is 1. The third-order valence-electron chi connectivity index (χ3n) is 5.83. The lowest BCUT2D eigenvalue weighted by Crippen LogP contribution is -2.67. The van der Waals surface area contributed by atoms with Gasteiger partial charge in [-0.25, -0.2) is 0 Å². The van der Waals surface area contributed by atoms with Crippen LogP contribution in [0.1, 0.15) is 51.5 Å². The number of esters is 1. The van der Waals surface area contributed by atoms with E-state index in [-0.39, 0.29) is 17.4 Å². The zero-order chi connectivity index (χ0) is 15.4. The van der Waals surface area contributed by atoms with Gasteiger partial charge in [-0.2, -0.15) is 0 Å². The van der Waals surface area contributed by atoms with Crippen LogP contribution in [-0.2, 0) is 14.9 Å². The molecule has 0 amide bonds. The van der Waals surface area contributed by atoms with E-state index in [0.717, 1.165) is 12.1 Å². The molecule has 2 fully saturated rings. The van der Waals surface area contributed by atoms with Gasteiger partial charge < -0.3 is 10.1 Å². The predicted octanol–water partition coefficient (Wildman–Crippen LogP) is 3.94. The van der Waals surface area contributed by atoms with Gasteiger partial charge in [-0.05, 0) is 37.0 Å². The average Bonchev–Trinajstić information content (AvgIpc) is 2.92. The lowest BCUT2D eigenvalue weighted by molar-refractivity contribution is -0.148. The molecular formula is C19H23NO2. The third kappa shape index (κ3) is 1.49. The summed E-state index contributed by atoms with van der Waals surface area (Å²) in [4.78, 5) is 12.1. The van der Waals surface area contributed by atoms with E-state index in [1.807, 2.05) is 6.07 Å².